The quantitative estimate of drug-likeness (QED) is 0.208. The first-order chi connectivity index (χ1) is 15.8. The second kappa shape index (κ2) is 8.91. The lowest BCUT2D eigenvalue weighted by Crippen LogP contribution is -2.16. The number of nitro benzene ring substituents is 1. The predicted molar refractivity (Wildman–Crippen MR) is 130 cm³/mol. The molecule has 0 amide bonds. The van der Waals surface area contributed by atoms with E-state index in [1.54, 1.807) is 31.2 Å². The van der Waals surface area contributed by atoms with Gasteiger partial charge in [0.2, 0.25) is 10.0 Å². The molecule has 0 bridgehead atoms. The molecule has 3 aromatic carbocycles. The number of sulfonamides is 1. The molecule has 0 unspecified atom stereocenters. The van der Waals surface area contributed by atoms with Gasteiger partial charge in [-0.15, -0.1) is 0 Å². The zero-order chi connectivity index (χ0) is 23.6. The number of methoxy groups -OCH3 is 1. The molecule has 170 valence electrons. The highest BCUT2D eigenvalue weighted by Crippen LogP contribution is 2.38. The second-order valence-corrected chi connectivity index (χ2v) is 9.27. The fourth-order valence-corrected chi connectivity index (χ4v) is 4.75. The van der Waals surface area contributed by atoms with Crippen LogP contribution in [0.25, 0.3) is 21.8 Å². The van der Waals surface area contributed by atoms with Crippen LogP contribution in [-0.2, 0) is 10.0 Å². The number of nitrogens with zero attached hydrogens (tertiary/aromatic N) is 2. The van der Waals surface area contributed by atoms with Gasteiger partial charge in [0.1, 0.15) is 5.75 Å². The summed E-state index contributed by atoms with van der Waals surface area (Å²) >= 11 is 0. The van der Waals surface area contributed by atoms with Crippen molar-refractivity contribution in [1.82, 2.24) is 4.98 Å². The fourth-order valence-electron chi connectivity index (χ4n) is 3.62. The van der Waals surface area contributed by atoms with Crippen molar-refractivity contribution in [2.75, 3.05) is 22.9 Å². The molecule has 2 N–H and O–H groups in total. The first-order valence-electron chi connectivity index (χ1n) is 10.2. The summed E-state index contributed by atoms with van der Waals surface area (Å²) in [4.78, 5) is 15.4. The Labute approximate surface area is 190 Å². The third kappa shape index (κ3) is 4.65. The van der Waals surface area contributed by atoms with Gasteiger partial charge in [-0.25, -0.2) is 13.4 Å². The van der Waals surface area contributed by atoms with Crippen molar-refractivity contribution < 1.29 is 18.1 Å². The zero-order valence-electron chi connectivity index (χ0n) is 18.0. The standard InChI is InChI=1S/C23H22N4O5S/c1-3-12-33(30,31)26-15-8-11-20(22(13-15)32-2)25-23-17-6-4-5-7-19(17)24-21-14-16(27(28)29)9-10-18(21)23/h4-11,13-14,26H,3,12H2,1-2H3,(H,24,25). The van der Waals surface area contributed by atoms with E-state index in [-0.39, 0.29) is 11.4 Å². The molecule has 0 aliphatic heterocycles. The van der Waals surface area contributed by atoms with Crippen molar-refractivity contribution in [2.45, 2.75) is 13.3 Å². The highest BCUT2D eigenvalue weighted by molar-refractivity contribution is 7.92. The zero-order valence-corrected chi connectivity index (χ0v) is 18.8. The average Bonchev–Trinajstić information content (AvgIpc) is 2.78. The van der Waals surface area contributed by atoms with Gasteiger partial charge in [-0.1, -0.05) is 25.1 Å². The van der Waals surface area contributed by atoms with Crippen LogP contribution in [0.4, 0.5) is 22.7 Å². The van der Waals surface area contributed by atoms with Crippen LogP contribution < -0.4 is 14.8 Å². The second-order valence-electron chi connectivity index (χ2n) is 7.42. The number of fused-ring (bicyclic) bond motifs is 2. The van der Waals surface area contributed by atoms with Gasteiger partial charge in [-0.2, -0.15) is 0 Å². The molecule has 1 aromatic heterocycles. The van der Waals surface area contributed by atoms with Crippen LogP contribution in [0.5, 0.6) is 5.75 Å². The molecule has 1 heterocycles. The number of ether oxygens (including phenoxy) is 1. The summed E-state index contributed by atoms with van der Waals surface area (Å²) in [6.07, 6.45) is 0.506. The van der Waals surface area contributed by atoms with Crippen LogP contribution in [0.15, 0.2) is 60.7 Å². The smallest absolute Gasteiger partial charge is 0.271 e. The number of nitrogens with one attached hydrogen (secondary N) is 2. The maximum absolute atomic E-state index is 12.1. The first kappa shape index (κ1) is 22.3. The molecule has 4 aromatic rings. The third-order valence-electron chi connectivity index (χ3n) is 5.08. The van der Waals surface area contributed by atoms with Gasteiger partial charge in [0.05, 0.1) is 45.9 Å². The molecular formula is C23H22N4O5S. The van der Waals surface area contributed by atoms with Crippen LogP contribution in [0.1, 0.15) is 13.3 Å². The number of nitro groups is 1. The molecule has 0 fully saturated rings. The van der Waals surface area contributed by atoms with E-state index < -0.39 is 14.9 Å². The Hall–Kier alpha value is -3.92. The number of rotatable bonds is 8. The van der Waals surface area contributed by atoms with Crippen LogP contribution in [0, 0.1) is 10.1 Å². The molecule has 9 nitrogen and oxygen atoms in total. The molecule has 33 heavy (non-hydrogen) atoms. The Balaban J connectivity index is 1.81. The van der Waals surface area contributed by atoms with Crippen LogP contribution in [0.3, 0.4) is 0 Å². The largest absolute Gasteiger partial charge is 0.494 e. The number of hydrogen-bond donors (Lipinski definition) is 2. The maximum atomic E-state index is 12.1. The number of hydrogen-bond acceptors (Lipinski definition) is 7. The highest BCUT2D eigenvalue weighted by Gasteiger charge is 2.16. The lowest BCUT2D eigenvalue weighted by atomic mass is 10.1. The summed E-state index contributed by atoms with van der Waals surface area (Å²) < 4.78 is 32.3. The van der Waals surface area contributed by atoms with Gasteiger partial charge < -0.3 is 10.1 Å². The van der Waals surface area contributed by atoms with Gasteiger partial charge in [0.15, 0.2) is 0 Å². The lowest BCUT2D eigenvalue weighted by molar-refractivity contribution is -0.384. The van der Waals surface area contributed by atoms with Gasteiger partial charge in [-0.05, 0) is 30.7 Å². The van der Waals surface area contributed by atoms with E-state index in [0.29, 0.717) is 45.7 Å². The Morgan fingerprint density at radius 2 is 1.79 bits per heavy atom. The minimum Gasteiger partial charge on any atom is -0.494 e. The minimum absolute atomic E-state index is 0.0243. The molecule has 10 heteroatoms. The molecule has 0 spiro atoms. The average molecular weight is 467 g/mol. The normalized spacial score (nSPS) is 11.5. The van der Waals surface area contributed by atoms with Crippen molar-refractivity contribution >= 4 is 54.6 Å². The summed E-state index contributed by atoms with van der Waals surface area (Å²) in [7, 11) is -1.94. The van der Waals surface area contributed by atoms with Gasteiger partial charge in [0.25, 0.3) is 5.69 Å². The van der Waals surface area contributed by atoms with Crippen molar-refractivity contribution in [3.63, 3.8) is 0 Å². The molecular weight excluding hydrogens is 444 g/mol. The summed E-state index contributed by atoms with van der Waals surface area (Å²) in [5, 5.41) is 16.1. The van der Waals surface area contributed by atoms with Crippen LogP contribution in [0.2, 0.25) is 0 Å². The summed E-state index contributed by atoms with van der Waals surface area (Å²) in [6.45, 7) is 1.80. The number of pyridine rings is 1. The van der Waals surface area contributed by atoms with Crippen molar-refractivity contribution in [2.24, 2.45) is 0 Å². The van der Waals surface area contributed by atoms with Crippen LogP contribution >= 0.6 is 0 Å². The predicted octanol–water partition coefficient (Wildman–Crippen LogP) is 5.20. The summed E-state index contributed by atoms with van der Waals surface area (Å²) in [6, 6.07) is 17.0. The number of benzene rings is 3. The SMILES string of the molecule is CCCS(=O)(=O)Nc1ccc(Nc2c3ccccc3nc3cc([N+](=O)[O-])ccc23)c(OC)c1. The van der Waals surface area contributed by atoms with E-state index >= 15 is 0 Å². The maximum Gasteiger partial charge on any atom is 0.271 e. The number of aromatic nitrogens is 1. The van der Waals surface area contributed by atoms with Crippen molar-refractivity contribution in [3.05, 3.63) is 70.8 Å². The first-order valence-corrected chi connectivity index (χ1v) is 11.9. The Kier molecular flexibility index (Phi) is 6.01. The Bertz CT molecular complexity index is 1470. The van der Waals surface area contributed by atoms with E-state index in [4.69, 9.17) is 4.74 Å². The molecule has 0 atom stereocenters. The molecule has 0 aliphatic carbocycles. The molecule has 0 saturated carbocycles. The van der Waals surface area contributed by atoms with E-state index in [1.165, 1.54) is 19.2 Å². The molecule has 0 saturated heterocycles. The van der Waals surface area contributed by atoms with Crippen molar-refractivity contribution in [3.8, 4) is 5.75 Å². The van der Waals surface area contributed by atoms with E-state index in [1.807, 2.05) is 24.3 Å². The van der Waals surface area contributed by atoms with Gasteiger partial charge in [-0.3, -0.25) is 14.8 Å². The number of para-hydroxylation sites is 1. The van der Waals surface area contributed by atoms with Crippen LogP contribution in [-0.4, -0.2) is 31.2 Å². The number of non-ortho nitro benzene ring substituents is 1. The molecule has 4 rings (SSSR count). The third-order valence-corrected chi connectivity index (χ3v) is 6.58. The van der Waals surface area contributed by atoms with Gasteiger partial charge in [0, 0.05) is 29.0 Å². The Morgan fingerprint density at radius 3 is 2.52 bits per heavy atom. The summed E-state index contributed by atoms with van der Waals surface area (Å²) in [5.74, 6) is 0.457. The van der Waals surface area contributed by atoms with Gasteiger partial charge >= 0.3 is 0 Å². The van der Waals surface area contributed by atoms with E-state index in [0.717, 1.165) is 5.39 Å². The highest BCUT2D eigenvalue weighted by atomic mass is 32.2. The van der Waals surface area contributed by atoms with E-state index in [9.17, 15) is 18.5 Å². The number of anilines is 3. The van der Waals surface area contributed by atoms with E-state index in [2.05, 4.69) is 15.0 Å². The lowest BCUT2D eigenvalue weighted by Gasteiger charge is -2.17. The monoisotopic (exact) mass is 466 g/mol. The molecule has 0 aliphatic rings. The molecule has 0 radical (unpaired) electrons. The minimum atomic E-state index is -3.44. The fraction of sp³-hybridized carbons (Fsp3) is 0.174. The summed E-state index contributed by atoms with van der Waals surface area (Å²) in [5.41, 5.74) is 2.82. The Morgan fingerprint density at radius 1 is 1.03 bits per heavy atom. The topological polar surface area (TPSA) is 123 Å². The van der Waals surface area contributed by atoms with Crippen molar-refractivity contribution in [1.29, 1.82) is 0 Å².